The van der Waals surface area contributed by atoms with Crippen molar-refractivity contribution in [3.8, 4) is 11.5 Å². The fourth-order valence-electron chi connectivity index (χ4n) is 4.49. The number of hydrogen-bond donors (Lipinski definition) is 3. The monoisotopic (exact) mass is 424 g/mol. The largest absolute Gasteiger partial charge is 0.508 e. The third-order valence-corrected chi connectivity index (χ3v) is 6.39. The van der Waals surface area contributed by atoms with Gasteiger partial charge in [0.1, 0.15) is 28.6 Å². The number of benzene rings is 1. The first kappa shape index (κ1) is 22.9. The third-order valence-electron chi connectivity index (χ3n) is 6.39. The van der Waals surface area contributed by atoms with Crippen molar-refractivity contribution in [3.63, 3.8) is 0 Å². The Morgan fingerprint density at radius 1 is 1.29 bits per heavy atom. The summed E-state index contributed by atoms with van der Waals surface area (Å²) in [4.78, 5) is 13.1. The fraction of sp³-hybridized carbons (Fsp3) is 0.423. The minimum atomic E-state index is -1.04. The van der Waals surface area contributed by atoms with Gasteiger partial charge >= 0.3 is 0 Å². The first-order chi connectivity index (χ1) is 14.5. The van der Waals surface area contributed by atoms with Crippen LogP contribution in [0.25, 0.3) is 0 Å². The lowest BCUT2D eigenvalue weighted by Crippen LogP contribution is -2.50. The summed E-state index contributed by atoms with van der Waals surface area (Å²) in [6.45, 7) is 12.0. The van der Waals surface area contributed by atoms with E-state index in [-0.39, 0.29) is 35.4 Å². The molecule has 1 aliphatic heterocycles. The van der Waals surface area contributed by atoms with Crippen LogP contribution in [0.4, 0.5) is 0 Å². The number of ether oxygens (including phenoxy) is 1. The maximum atomic E-state index is 13.1. The van der Waals surface area contributed by atoms with Gasteiger partial charge in [0.15, 0.2) is 0 Å². The molecule has 1 aliphatic carbocycles. The molecule has 0 aromatic heterocycles. The molecule has 5 nitrogen and oxygen atoms in total. The van der Waals surface area contributed by atoms with E-state index in [0.29, 0.717) is 17.6 Å². The Labute approximate surface area is 184 Å². The molecule has 1 heterocycles. The highest BCUT2D eigenvalue weighted by Crippen LogP contribution is 2.49. The van der Waals surface area contributed by atoms with Gasteiger partial charge in [-0.25, -0.2) is 0 Å². The lowest BCUT2D eigenvalue weighted by molar-refractivity contribution is -0.157. The average Bonchev–Trinajstić information content (AvgIpc) is 2.65. The van der Waals surface area contributed by atoms with Gasteiger partial charge in [0.05, 0.1) is 12.0 Å². The van der Waals surface area contributed by atoms with Crippen molar-refractivity contribution in [1.29, 1.82) is 0 Å². The van der Waals surface area contributed by atoms with Crippen LogP contribution in [0.3, 0.4) is 0 Å². The van der Waals surface area contributed by atoms with Crippen LogP contribution >= 0.6 is 0 Å². The molecular formula is C26H32O5. The summed E-state index contributed by atoms with van der Waals surface area (Å²) in [5, 5.41) is 30.7. The quantitative estimate of drug-likeness (QED) is 0.501. The Morgan fingerprint density at radius 3 is 2.61 bits per heavy atom. The summed E-state index contributed by atoms with van der Waals surface area (Å²) in [6.07, 6.45) is 6.19. The molecule has 4 atom stereocenters. The van der Waals surface area contributed by atoms with E-state index in [2.05, 4.69) is 12.7 Å². The van der Waals surface area contributed by atoms with Crippen molar-refractivity contribution in [1.82, 2.24) is 0 Å². The molecule has 0 spiro atoms. The van der Waals surface area contributed by atoms with Gasteiger partial charge in [-0.05, 0) is 64.7 Å². The fourth-order valence-corrected chi connectivity index (χ4v) is 4.49. The Morgan fingerprint density at radius 2 is 2.00 bits per heavy atom. The van der Waals surface area contributed by atoms with E-state index in [1.54, 1.807) is 18.2 Å². The first-order valence-corrected chi connectivity index (χ1v) is 10.6. The molecule has 31 heavy (non-hydrogen) atoms. The Kier molecular flexibility index (Phi) is 6.46. The molecule has 1 aromatic carbocycles. The highest BCUT2D eigenvalue weighted by molar-refractivity contribution is 5.86. The van der Waals surface area contributed by atoms with Gasteiger partial charge in [0.25, 0.3) is 0 Å². The molecule has 1 saturated heterocycles. The van der Waals surface area contributed by atoms with Gasteiger partial charge in [0, 0.05) is 23.6 Å². The molecule has 4 unspecified atom stereocenters. The molecule has 5 heteroatoms. The van der Waals surface area contributed by atoms with Crippen LogP contribution in [0.1, 0.15) is 58.6 Å². The topological polar surface area (TPSA) is 87.0 Å². The van der Waals surface area contributed by atoms with Gasteiger partial charge in [-0.2, -0.15) is 0 Å². The van der Waals surface area contributed by atoms with Crippen molar-refractivity contribution in [2.45, 2.75) is 58.7 Å². The van der Waals surface area contributed by atoms with E-state index in [9.17, 15) is 20.1 Å². The summed E-state index contributed by atoms with van der Waals surface area (Å²) in [5.41, 5.74) is 2.29. The number of phenols is 2. The molecule has 0 amide bonds. The summed E-state index contributed by atoms with van der Waals surface area (Å²) in [6, 6.07) is 4.27. The van der Waals surface area contributed by atoms with Gasteiger partial charge in [-0.1, -0.05) is 29.9 Å². The van der Waals surface area contributed by atoms with E-state index >= 15 is 0 Å². The summed E-state index contributed by atoms with van der Waals surface area (Å²) >= 11 is 0. The lowest BCUT2D eigenvalue weighted by Gasteiger charge is -2.46. The number of Topliss-reactive ketones (excluding diaryl/α,β-unsaturated/α-hetero) is 1. The van der Waals surface area contributed by atoms with Crippen LogP contribution in [-0.2, 0) is 9.53 Å². The number of fused-ring (bicyclic) bond motifs is 1. The maximum Gasteiger partial charge on any atom is 0.145 e. The Balaban J connectivity index is 1.98. The molecule has 3 N–H and O–H groups in total. The highest BCUT2D eigenvalue weighted by atomic mass is 16.5. The van der Waals surface area contributed by atoms with Crippen LogP contribution < -0.4 is 0 Å². The molecule has 166 valence electrons. The van der Waals surface area contributed by atoms with Crippen LogP contribution in [0.5, 0.6) is 11.5 Å². The van der Waals surface area contributed by atoms with Crippen molar-refractivity contribution < 1.29 is 24.9 Å². The molecular weight excluding hydrogens is 392 g/mol. The minimum absolute atomic E-state index is 0.0105. The number of phenolic OH excluding ortho intramolecular Hbond substituents is 2. The van der Waals surface area contributed by atoms with Crippen molar-refractivity contribution in [2.24, 2.45) is 11.8 Å². The van der Waals surface area contributed by atoms with Gasteiger partial charge in [0.2, 0.25) is 0 Å². The lowest BCUT2D eigenvalue weighted by atomic mass is 9.69. The van der Waals surface area contributed by atoms with E-state index in [1.807, 2.05) is 27.7 Å². The minimum Gasteiger partial charge on any atom is -0.508 e. The predicted octanol–water partition coefficient (Wildman–Crippen LogP) is 5.82. The number of ketones is 1. The maximum absolute atomic E-state index is 13.1. The number of carbonyl (C=O) groups is 1. The Bertz CT molecular complexity index is 980. The summed E-state index contributed by atoms with van der Waals surface area (Å²) in [5.74, 6) is -0.492. The molecule has 0 radical (unpaired) electrons. The zero-order valence-corrected chi connectivity index (χ0v) is 18.7. The predicted molar refractivity (Wildman–Crippen MR) is 121 cm³/mol. The van der Waals surface area contributed by atoms with Crippen LogP contribution in [0.2, 0.25) is 0 Å². The zero-order valence-electron chi connectivity index (χ0n) is 18.7. The molecule has 0 saturated carbocycles. The molecule has 0 bridgehead atoms. The van der Waals surface area contributed by atoms with E-state index in [4.69, 9.17) is 4.74 Å². The normalized spacial score (nSPS) is 26.4. The number of rotatable bonds is 6. The summed E-state index contributed by atoms with van der Waals surface area (Å²) in [7, 11) is 0. The van der Waals surface area contributed by atoms with Gasteiger partial charge < -0.3 is 20.1 Å². The van der Waals surface area contributed by atoms with E-state index in [0.717, 1.165) is 12.0 Å². The second-order valence-electron chi connectivity index (χ2n) is 9.09. The van der Waals surface area contributed by atoms with E-state index in [1.165, 1.54) is 17.7 Å². The number of allylic oxidation sites excluding steroid dienone is 4. The standard InChI is InChI=1S/C26H32O5/c1-15(2)6-7-17(16(3)4)12-21-22(28)11-10-20-24(30)14-25(31-26(20,21)5)19-9-8-18(27)13-23(19)29/h6,8-11,13,17,20,25,27-29H,3,7,12,14H2,1-2,4-5H3. The molecule has 1 fully saturated rings. The number of aliphatic hydroxyl groups excluding tert-OH is 1. The van der Waals surface area contributed by atoms with Gasteiger partial charge in [-0.15, -0.1) is 0 Å². The second kappa shape index (κ2) is 8.75. The average molecular weight is 425 g/mol. The third kappa shape index (κ3) is 4.62. The molecule has 1 aromatic rings. The van der Waals surface area contributed by atoms with Crippen molar-refractivity contribution in [3.05, 3.63) is 71.0 Å². The van der Waals surface area contributed by atoms with E-state index < -0.39 is 17.6 Å². The number of aromatic hydroxyl groups is 2. The van der Waals surface area contributed by atoms with Crippen molar-refractivity contribution >= 4 is 5.78 Å². The van der Waals surface area contributed by atoms with Crippen molar-refractivity contribution in [2.75, 3.05) is 0 Å². The number of hydrogen-bond acceptors (Lipinski definition) is 5. The number of carbonyl (C=O) groups excluding carboxylic acids is 1. The molecule has 3 rings (SSSR count). The SMILES string of the molecule is C=C(C)C(CC=C(C)C)CC1=C(O)C=CC2C(=O)CC(c3ccc(O)cc3O)OC12C. The number of aliphatic hydroxyl groups is 1. The molecule has 2 aliphatic rings. The smallest absolute Gasteiger partial charge is 0.145 e. The second-order valence-corrected chi connectivity index (χ2v) is 9.09. The van der Waals surface area contributed by atoms with Crippen LogP contribution in [0.15, 0.2) is 65.5 Å². The highest BCUT2D eigenvalue weighted by Gasteiger charge is 2.51. The first-order valence-electron chi connectivity index (χ1n) is 10.6. The Hall–Kier alpha value is -2.79. The van der Waals surface area contributed by atoms with Gasteiger partial charge in [-0.3, -0.25) is 4.79 Å². The summed E-state index contributed by atoms with van der Waals surface area (Å²) < 4.78 is 6.47. The van der Waals surface area contributed by atoms with Crippen LogP contribution in [-0.4, -0.2) is 26.7 Å². The van der Waals surface area contributed by atoms with Crippen LogP contribution in [0, 0.1) is 11.8 Å². The zero-order chi connectivity index (χ0) is 22.9.